The third-order valence-electron chi connectivity index (χ3n) is 3.40. The van der Waals surface area contributed by atoms with Gasteiger partial charge in [-0.1, -0.05) is 54.2 Å². The van der Waals surface area contributed by atoms with Crippen LogP contribution in [0.3, 0.4) is 0 Å². The number of aryl methyl sites for hydroxylation is 1. The number of aliphatic hydroxyl groups excluding tert-OH is 1. The molecule has 0 fully saturated rings. The molecule has 0 bridgehead atoms. The first kappa shape index (κ1) is 17.2. The van der Waals surface area contributed by atoms with Gasteiger partial charge in [0.25, 0.3) is 0 Å². The maximum absolute atomic E-state index is 12.6. The zero-order valence-electron chi connectivity index (χ0n) is 12.9. The van der Waals surface area contributed by atoms with Crippen LogP contribution < -0.4 is 4.90 Å². The standard InChI is InChI=1S/C18H17NO2S2/c1-12-8-9-15(19(2)18(22)23)14(10-12)17(21)11-16(20)13-6-4-3-5-7-13/h3-11,20H,1-2H3,(H,22,23). The number of ketones is 1. The lowest BCUT2D eigenvalue weighted by Crippen LogP contribution is -2.22. The van der Waals surface area contributed by atoms with Gasteiger partial charge in [0.05, 0.1) is 5.69 Å². The van der Waals surface area contributed by atoms with Gasteiger partial charge in [-0.2, -0.15) is 0 Å². The first-order chi connectivity index (χ1) is 10.9. The van der Waals surface area contributed by atoms with Crippen molar-refractivity contribution in [1.29, 1.82) is 0 Å². The number of aliphatic hydroxyl groups is 1. The Bertz CT molecular complexity index is 770. The third-order valence-corrected chi connectivity index (χ3v) is 3.98. The van der Waals surface area contributed by atoms with E-state index in [2.05, 4.69) is 12.6 Å². The molecule has 2 aromatic rings. The maximum atomic E-state index is 12.6. The SMILES string of the molecule is Cc1ccc(N(C)C(=S)S)c(C(=O)C=C(O)c2ccccc2)c1. The molecule has 0 radical (unpaired) electrons. The lowest BCUT2D eigenvalue weighted by atomic mass is 10.0. The summed E-state index contributed by atoms with van der Waals surface area (Å²) in [5.41, 5.74) is 2.65. The minimum Gasteiger partial charge on any atom is -0.507 e. The molecule has 0 aromatic heterocycles. The molecule has 0 unspecified atom stereocenters. The van der Waals surface area contributed by atoms with Crippen molar-refractivity contribution in [3.8, 4) is 0 Å². The first-order valence-corrected chi connectivity index (χ1v) is 7.83. The molecule has 2 aromatic carbocycles. The summed E-state index contributed by atoms with van der Waals surface area (Å²) >= 11 is 9.21. The van der Waals surface area contributed by atoms with E-state index in [1.54, 1.807) is 42.3 Å². The van der Waals surface area contributed by atoms with Crippen molar-refractivity contribution in [3.63, 3.8) is 0 Å². The Morgan fingerprint density at radius 1 is 1.22 bits per heavy atom. The van der Waals surface area contributed by atoms with E-state index in [0.29, 0.717) is 21.1 Å². The molecule has 0 saturated heterocycles. The number of hydrogen-bond acceptors (Lipinski definition) is 3. The van der Waals surface area contributed by atoms with Crippen molar-refractivity contribution >= 4 is 46.4 Å². The van der Waals surface area contributed by atoms with Gasteiger partial charge in [-0.25, -0.2) is 0 Å². The Labute approximate surface area is 146 Å². The van der Waals surface area contributed by atoms with Crippen LogP contribution in [0.2, 0.25) is 0 Å². The van der Waals surface area contributed by atoms with Crippen LogP contribution in [0.1, 0.15) is 21.5 Å². The highest BCUT2D eigenvalue weighted by Crippen LogP contribution is 2.24. The second-order valence-corrected chi connectivity index (χ2v) is 6.23. The normalized spacial score (nSPS) is 11.2. The topological polar surface area (TPSA) is 40.5 Å². The molecule has 0 atom stereocenters. The highest BCUT2D eigenvalue weighted by Gasteiger charge is 2.15. The number of anilines is 1. The monoisotopic (exact) mass is 343 g/mol. The predicted octanol–water partition coefficient (Wildman–Crippen LogP) is 4.43. The summed E-state index contributed by atoms with van der Waals surface area (Å²) in [5.74, 6) is -0.361. The molecule has 0 heterocycles. The molecule has 23 heavy (non-hydrogen) atoms. The smallest absolute Gasteiger partial charge is 0.191 e. The van der Waals surface area contributed by atoms with Crippen LogP contribution >= 0.6 is 24.8 Å². The van der Waals surface area contributed by atoms with Gasteiger partial charge in [-0.05, 0) is 19.1 Å². The number of carbonyl (C=O) groups excluding carboxylic acids is 1. The molecular formula is C18H17NO2S2. The summed E-state index contributed by atoms with van der Waals surface area (Å²) < 4.78 is 0.360. The molecule has 0 aliphatic rings. The van der Waals surface area contributed by atoms with Gasteiger partial charge in [0.15, 0.2) is 5.78 Å². The van der Waals surface area contributed by atoms with Crippen LogP contribution in [0.5, 0.6) is 0 Å². The summed E-state index contributed by atoms with van der Waals surface area (Å²) in [7, 11) is 1.75. The molecule has 5 heteroatoms. The van der Waals surface area contributed by atoms with E-state index < -0.39 is 0 Å². The average molecular weight is 343 g/mol. The van der Waals surface area contributed by atoms with Crippen LogP contribution in [0.4, 0.5) is 5.69 Å². The Morgan fingerprint density at radius 3 is 2.48 bits per heavy atom. The number of thiocarbonyl (C=S) groups is 1. The van der Waals surface area contributed by atoms with E-state index in [1.165, 1.54) is 6.08 Å². The molecule has 0 spiro atoms. The van der Waals surface area contributed by atoms with Gasteiger partial charge in [-0.3, -0.25) is 4.79 Å². The van der Waals surface area contributed by atoms with E-state index in [9.17, 15) is 9.90 Å². The van der Waals surface area contributed by atoms with Crippen LogP contribution in [0.15, 0.2) is 54.6 Å². The molecule has 0 aliphatic heterocycles. The zero-order valence-corrected chi connectivity index (χ0v) is 14.6. The van der Waals surface area contributed by atoms with Crippen molar-refractivity contribution in [1.82, 2.24) is 0 Å². The second-order valence-electron chi connectivity index (χ2n) is 5.12. The number of nitrogens with zero attached hydrogens (tertiary/aromatic N) is 1. The lowest BCUT2D eigenvalue weighted by Gasteiger charge is -2.20. The predicted molar refractivity (Wildman–Crippen MR) is 103 cm³/mol. The van der Waals surface area contributed by atoms with Crippen LogP contribution in [-0.4, -0.2) is 22.3 Å². The van der Waals surface area contributed by atoms with Gasteiger partial charge < -0.3 is 10.0 Å². The molecule has 118 valence electrons. The fraction of sp³-hybridized carbons (Fsp3) is 0.111. The Kier molecular flexibility index (Phi) is 5.58. The fourth-order valence-electron chi connectivity index (χ4n) is 2.14. The molecule has 0 amide bonds. The molecule has 2 rings (SSSR count). The van der Waals surface area contributed by atoms with Crippen LogP contribution in [-0.2, 0) is 0 Å². The van der Waals surface area contributed by atoms with Gasteiger partial charge in [0, 0.05) is 24.3 Å². The number of carbonyl (C=O) groups is 1. The van der Waals surface area contributed by atoms with Gasteiger partial charge in [0.1, 0.15) is 10.1 Å². The first-order valence-electron chi connectivity index (χ1n) is 6.98. The Balaban J connectivity index is 2.43. The van der Waals surface area contributed by atoms with Gasteiger partial charge in [0.2, 0.25) is 0 Å². The quantitative estimate of drug-likeness (QED) is 0.283. The largest absolute Gasteiger partial charge is 0.507 e. The van der Waals surface area contributed by atoms with E-state index in [0.717, 1.165) is 5.56 Å². The average Bonchev–Trinajstić information content (AvgIpc) is 2.54. The Morgan fingerprint density at radius 2 is 1.87 bits per heavy atom. The molecule has 3 nitrogen and oxygen atoms in total. The van der Waals surface area contributed by atoms with E-state index in [4.69, 9.17) is 12.2 Å². The van der Waals surface area contributed by atoms with Crippen molar-refractivity contribution < 1.29 is 9.90 Å². The number of hydrogen-bond donors (Lipinski definition) is 2. The number of allylic oxidation sites excluding steroid dienone is 1. The van der Waals surface area contributed by atoms with Gasteiger partial charge >= 0.3 is 0 Å². The summed E-state index contributed by atoms with van der Waals surface area (Å²) in [6.07, 6.45) is 1.23. The highest BCUT2D eigenvalue weighted by molar-refractivity contribution is 8.11. The van der Waals surface area contributed by atoms with Crippen LogP contribution in [0, 0.1) is 6.92 Å². The van der Waals surface area contributed by atoms with E-state index in [1.807, 2.05) is 25.1 Å². The summed E-state index contributed by atoms with van der Waals surface area (Å²) in [6.45, 7) is 1.90. The summed E-state index contributed by atoms with van der Waals surface area (Å²) in [4.78, 5) is 14.2. The molecule has 0 aliphatic carbocycles. The van der Waals surface area contributed by atoms with Gasteiger partial charge in [-0.15, -0.1) is 12.6 Å². The number of rotatable bonds is 4. The number of benzene rings is 2. The maximum Gasteiger partial charge on any atom is 0.191 e. The minimum atomic E-state index is -0.290. The third kappa shape index (κ3) is 4.21. The van der Waals surface area contributed by atoms with E-state index in [-0.39, 0.29) is 11.5 Å². The molecular weight excluding hydrogens is 326 g/mol. The van der Waals surface area contributed by atoms with E-state index >= 15 is 0 Å². The lowest BCUT2D eigenvalue weighted by molar-refractivity contribution is 0.104. The minimum absolute atomic E-state index is 0.0702. The summed E-state index contributed by atoms with van der Waals surface area (Å²) in [6, 6.07) is 14.4. The fourth-order valence-corrected chi connectivity index (χ4v) is 2.34. The van der Waals surface area contributed by atoms with Crippen molar-refractivity contribution in [2.24, 2.45) is 0 Å². The van der Waals surface area contributed by atoms with Crippen LogP contribution in [0.25, 0.3) is 5.76 Å². The highest BCUT2D eigenvalue weighted by atomic mass is 32.1. The number of thiol groups is 1. The molecule has 1 N–H and O–H groups in total. The van der Waals surface area contributed by atoms with Crippen molar-refractivity contribution in [2.75, 3.05) is 11.9 Å². The van der Waals surface area contributed by atoms with Crippen molar-refractivity contribution in [2.45, 2.75) is 6.92 Å². The second kappa shape index (κ2) is 7.44. The summed E-state index contributed by atoms with van der Waals surface area (Å²) in [5, 5.41) is 10.1. The zero-order chi connectivity index (χ0) is 17.0. The Hall–Kier alpha value is -2.11. The molecule has 0 saturated carbocycles. The van der Waals surface area contributed by atoms with Crippen molar-refractivity contribution in [3.05, 3.63) is 71.3 Å².